The van der Waals surface area contributed by atoms with Crippen LogP contribution in [0.4, 0.5) is 0 Å². The summed E-state index contributed by atoms with van der Waals surface area (Å²) in [7, 11) is 0. The number of unbranched alkanes of at least 4 members (excludes halogenated alkanes) is 1. The first-order valence-corrected chi connectivity index (χ1v) is 8.76. The zero-order chi connectivity index (χ0) is 17.2. The van der Waals surface area contributed by atoms with Crippen LogP contribution in [-0.2, 0) is 9.59 Å². The Balaban J connectivity index is 1.53. The molecular weight excluding hydrogens is 302 g/mol. The lowest BCUT2D eigenvalue weighted by Gasteiger charge is -2.31. The number of hydrogen-bond donors (Lipinski definition) is 1. The van der Waals surface area contributed by atoms with Gasteiger partial charge in [-0.25, -0.2) is 0 Å². The number of rotatable bonds is 7. The van der Waals surface area contributed by atoms with Crippen molar-refractivity contribution in [1.82, 2.24) is 15.2 Å². The SMILES string of the molecule is CC(=O)N1CCC(CCCCNC(=O)C=Cc2cccnc2)CC1. The average molecular weight is 329 g/mol. The zero-order valence-electron chi connectivity index (χ0n) is 14.4. The topological polar surface area (TPSA) is 62.3 Å². The van der Waals surface area contributed by atoms with Crippen LogP contribution in [0.3, 0.4) is 0 Å². The largest absolute Gasteiger partial charge is 0.353 e. The molecule has 2 heterocycles. The first kappa shape index (κ1) is 18.2. The summed E-state index contributed by atoms with van der Waals surface area (Å²) < 4.78 is 0. The van der Waals surface area contributed by atoms with Crippen LogP contribution in [0.15, 0.2) is 30.6 Å². The Morgan fingerprint density at radius 2 is 2.12 bits per heavy atom. The molecule has 24 heavy (non-hydrogen) atoms. The lowest BCUT2D eigenvalue weighted by molar-refractivity contribution is -0.130. The number of hydrogen-bond acceptors (Lipinski definition) is 3. The van der Waals surface area contributed by atoms with Crippen molar-refractivity contribution in [3.05, 3.63) is 36.2 Å². The third kappa shape index (κ3) is 6.52. The molecule has 0 spiro atoms. The molecule has 0 aromatic carbocycles. The average Bonchev–Trinajstić information content (AvgIpc) is 2.61. The van der Waals surface area contributed by atoms with Gasteiger partial charge < -0.3 is 10.2 Å². The Hall–Kier alpha value is -2.17. The maximum Gasteiger partial charge on any atom is 0.243 e. The van der Waals surface area contributed by atoms with Gasteiger partial charge in [-0.05, 0) is 42.9 Å². The number of pyridine rings is 1. The Morgan fingerprint density at radius 1 is 1.33 bits per heavy atom. The summed E-state index contributed by atoms with van der Waals surface area (Å²) >= 11 is 0. The maximum atomic E-state index is 11.7. The van der Waals surface area contributed by atoms with Crippen LogP contribution in [0.25, 0.3) is 6.08 Å². The number of likely N-dealkylation sites (tertiary alicyclic amines) is 1. The van der Waals surface area contributed by atoms with Gasteiger partial charge in [0.05, 0.1) is 0 Å². The van der Waals surface area contributed by atoms with Crippen molar-refractivity contribution >= 4 is 17.9 Å². The molecule has 0 radical (unpaired) electrons. The fourth-order valence-corrected chi connectivity index (χ4v) is 3.01. The van der Waals surface area contributed by atoms with Gasteiger partial charge in [0.1, 0.15) is 0 Å². The zero-order valence-corrected chi connectivity index (χ0v) is 14.4. The highest BCUT2D eigenvalue weighted by atomic mass is 16.2. The normalized spacial score (nSPS) is 15.6. The van der Waals surface area contributed by atoms with Crippen LogP contribution in [0.5, 0.6) is 0 Å². The lowest BCUT2D eigenvalue weighted by Crippen LogP contribution is -2.36. The van der Waals surface area contributed by atoms with Gasteiger partial charge in [-0.3, -0.25) is 14.6 Å². The van der Waals surface area contributed by atoms with Gasteiger partial charge in [0.2, 0.25) is 11.8 Å². The van der Waals surface area contributed by atoms with Crippen LogP contribution in [0, 0.1) is 5.92 Å². The van der Waals surface area contributed by atoms with Crippen molar-refractivity contribution in [3.63, 3.8) is 0 Å². The number of carbonyl (C=O) groups is 2. The second-order valence-corrected chi connectivity index (χ2v) is 6.36. The molecule has 0 bridgehead atoms. The van der Waals surface area contributed by atoms with Gasteiger partial charge >= 0.3 is 0 Å². The van der Waals surface area contributed by atoms with Crippen LogP contribution >= 0.6 is 0 Å². The quantitative estimate of drug-likeness (QED) is 0.618. The third-order valence-corrected chi connectivity index (χ3v) is 4.51. The summed E-state index contributed by atoms with van der Waals surface area (Å²) in [4.78, 5) is 29.0. The molecule has 1 N–H and O–H groups in total. The van der Waals surface area contributed by atoms with Gasteiger partial charge in [0.15, 0.2) is 0 Å². The number of carbonyl (C=O) groups excluding carboxylic acids is 2. The highest BCUT2D eigenvalue weighted by molar-refractivity contribution is 5.91. The minimum Gasteiger partial charge on any atom is -0.353 e. The van der Waals surface area contributed by atoms with E-state index in [9.17, 15) is 9.59 Å². The standard InChI is InChI=1S/C19H27N3O2/c1-16(23)22-13-9-17(10-14-22)5-2-3-12-21-19(24)8-7-18-6-4-11-20-15-18/h4,6-8,11,15,17H,2-3,5,9-10,12-14H2,1H3,(H,21,24). The molecule has 2 rings (SSSR count). The van der Waals surface area contributed by atoms with E-state index < -0.39 is 0 Å². The van der Waals surface area contributed by atoms with Crippen LogP contribution in [-0.4, -0.2) is 41.3 Å². The fourth-order valence-electron chi connectivity index (χ4n) is 3.01. The minimum absolute atomic E-state index is 0.0615. The van der Waals surface area contributed by atoms with Crippen molar-refractivity contribution < 1.29 is 9.59 Å². The van der Waals surface area contributed by atoms with Gasteiger partial charge in [0.25, 0.3) is 0 Å². The Morgan fingerprint density at radius 3 is 2.79 bits per heavy atom. The predicted molar refractivity (Wildman–Crippen MR) is 95.1 cm³/mol. The van der Waals surface area contributed by atoms with Gasteiger partial charge in [-0.1, -0.05) is 18.9 Å². The van der Waals surface area contributed by atoms with E-state index >= 15 is 0 Å². The fraction of sp³-hybridized carbons (Fsp3) is 0.526. The maximum absolute atomic E-state index is 11.7. The molecule has 130 valence electrons. The molecule has 1 aliphatic heterocycles. The summed E-state index contributed by atoms with van der Waals surface area (Å²) in [6, 6.07) is 3.76. The smallest absolute Gasteiger partial charge is 0.243 e. The summed E-state index contributed by atoms with van der Waals surface area (Å²) in [5.74, 6) is 0.853. The Bertz CT molecular complexity index is 549. The monoisotopic (exact) mass is 329 g/mol. The van der Waals surface area contributed by atoms with Crippen molar-refractivity contribution in [2.45, 2.75) is 39.0 Å². The molecular formula is C19H27N3O2. The lowest BCUT2D eigenvalue weighted by atomic mass is 9.91. The molecule has 1 aromatic heterocycles. The van der Waals surface area contributed by atoms with Crippen LogP contribution in [0.1, 0.15) is 44.6 Å². The molecule has 1 aromatic rings. The van der Waals surface area contributed by atoms with E-state index in [4.69, 9.17) is 0 Å². The molecule has 2 amide bonds. The van der Waals surface area contributed by atoms with Gasteiger partial charge in [0, 0.05) is 45.0 Å². The van der Waals surface area contributed by atoms with E-state index in [-0.39, 0.29) is 11.8 Å². The molecule has 0 atom stereocenters. The third-order valence-electron chi connectivity index (χ3n) is 4.51. The van der Waals surface area contributed by atoms with E-state index in [1.807, 2.05) is 17.0 Å². The van der Waals surface area contributed by atoms with E-state index in [0.29, 0.717) is 6.54 Å². The Labute approximate surface area is 144 Å². The summed E-state index contributed by atoms with van der Waals surface area (Å²) in [6.07, 6.45) is 12.3. The highest BCUT2D eigenvalue weighted by Crippen LogP contribution is 2.22. The molecule has 1 saturated heterocycles. The van der Waals surface area contributed by atoms with Crippen LogP contribution in [0.2, 0.25) is 0 Å². The second kappa shape index (κ2) is 9.85. The van der Waals surface area contributed by atoms with E-state index in [0.717, 1.165) is 50.3 Å². The van der Waals surface area contributed by atoms with Crippen LogP contribution < -0.4 is 5.32 Å². The molecule has 1 fully saturated rings. The first-order chi connectivity index (χ1) is 11.6. The molecule has 0 aliphatic carbocycles. The van der Waals surface area contributed by atoms with E-state index in [2.05, 4.69) is 10.3 Å². The number of piperidine rings is 1. The van der Waals surface area contributed by atoms with Crippen molar-refractivity contribution in [2.75, 3.05) is 19.6 Å². The molecule has 0 unspecified atom stereocenters. The van der Waals surface area contributed by atoms with E-state index in [1.54, 1.807) is 31.5 Å². The number of aromatic nitrogens is 1. The predicted octanol–water partition coefficient (Wildman–Crippen LogP) is 2.64. The summed E-state index contributed by atoms with van der Waals surface area (Å²) in [5, 5.41) is 2.91. The highest BCUT2D eigenvalue weighted by Gasteiger charge is 2.19. The van der Waals surface area contributed by atoms with Gasteiger partial charge in [-0.2, -0.15) is 0 Å². The molecule has 0 saturated carbocycles. The number of amides is 2. The number of nitrogens with zero attached hydrogens (tertiary/aromatic N) is 2. The van der Waals surface area contributed by atoms with E-state index in [1.165, 1.54) is 6.42 Å². The minimum atomic E-state index is -0.0615. The second-order valence-electron chi connectivity index (χ2n) is 6.36. The first-order valence-electron chi connectivity index (χ1n) is 8.76. The number of nitrogens with one attached hydrogen (secondary N) is 1. The molecule has 5 heteroatoms. The van der Waals surface area contributed by atoms with Gasteiger partial charge in [-0.15, -0.1) is 0 Å². The van der Waals surface area contributed by atoms with Crippen molar-refractivity contribution in [1.29, 1.82) is 0 Å². The molecule has 1 aliphatic rings. The van der Waals surface area contributed by atoms with Crippen molar-refractivity contribution in [2.24, 2.45) is 5.92 Å². The summed E-state index contributed by atoms with van der Waals surface area (Å²) in [5.41, 5.74) is 0.921. The van der Waals surface area contributed by atoms with Crippen molar-refractivity contribution in [3.8, 4) is 0 Å². The summed E-state index contributed by atoms with van der Waals surface area (Å²) in [6.45, 7) is 4.15. The Kier molecular flexibility index (Phi) is 7.46. The molecule has 5 nitrogen and oxygen atoms in total.